The number of fused-ring (bicyclic) bond motifs is 1. The van der Waals surface area contributed by atoms with Crippen LogP contribution in [0.2, 0.25) is 5.02 Å². The summed E-state index contributed by atoms with van der Waals surface area (Å²) < 4.78 is 1.85. The molecule has 0 bridgehead atoms. The second-order valence-electron chi connectivity index (χ2n) is 7.23. The number of hydrogen-bond acceptors (Lipinski definition) is 4. The van der Waals surface area contributed by atoms with Gasteiger partial charge < -0.3 is 9.80 Å². The number of anilines is 1. The predicted molar refractivity (Wildman–Crippen MR) is 118 cm³/mol. The van der Waals surface area contributed by atoms with E-state index >= 15 is 0 Å². The number of carbonyl (C=O) groups is 1. The molecule has 0 radical (unpaired) electrons. The fourth-order valence-corrected chi connectivity index (χ4v) is 4.04. The third-order valence-electron chi connectivity index (χ3n) is 5.44. The van der Waals surface area contributed by atoms with Crippen molar-refractivity contribution >= 4 is 34.1 Å². The highest BCUT2D eigenvalue weighted by Gasteiger charge is 2.26. The van der Waals surface area contributed by atoms with Gasteiger partial charge >= 0.3 is 0 Å². The quantitative estimate of drug-likeness (QED) is 0.505. The minimum absolute atomic E-state index is 0.00518. The molecular formula is C23H20ClN5O. The van der Waals surface area contributed by atoms with Crippen LogP contribution in [0.3, 0.4) is 0 Å². The normalized spacial score (nSPS) is 14.3. The van der Waals surface area contributed by atoms with Crippen molar-refractivity contribution in [2.45, 2.75) is 0 Å². The molecule has 2 aromatic heterocycles. The first-order valence-corrected chi connectivity index (χ1v) is 10.3. The van der Waals surface area contributed by atoms with E-state index in [9.17, 15) is 4.79 Å². The lowest BCUT2D eigenvalue weighted by Gasteiger charge is -2.36. The molecule has 0 saturated carbocycles. The van der Waals surface area contributed by atoms with E-state index < -0.39 is 0 Å². The van der Waals surface area contributed by atoms with Gasteiger partial charge in [-0.25, -0.2) is 9.97 Å². The maximum absolute atomic E-state index is 13.5. The summed E-state index contributed by atoms with van der Waals surface area (Å²) in [4.78, 5) is 26.4. The van der Waals surface area contributed by atoms with Gasteiger partial charge in [-0.15, -0.1) is 0 Å². The highest BCUT2D eigenvalue weighted by molar-refractivity contribution is 6.30. The zero-order valence-corrected chi connectivity index (χ0v) is 17.0. The van der Waals surface area contributed by atoms with Crippen LogP contribution in [0.5, 0.6) is 0 Å². The van der Waals surface area contributed by atoms with Gasteiger partial charge in [-0.05, 0) is 42.5 Å². The first-order valence-electron chi connectivity index (χ1n) is 9.88. The lowest BCUT2D eigenvalue weighted by molar-refractivity contribution is 0.0739. The van der Waals surface area contributed by atoms with Gasteiger partial charge in [0.25, 0.3) is 5.91 Å². The Labute approximate surface area is 179 Å². The summed E-state index contributed by atoms with van der Waals surface area (Å²) in [5.41, 5.74) is 2.63. The minimum Gasteiger partial charge on any atom is -0.368 e. The molecule has 4 aromatic rings. The maximum Gasteiger partial charge on any atom is 0.271 e. The van der Waals surface area contributed by atoms with Crippen molar-refractivity contribution in [1.82, 2.24) is 19.4 Å². The van der Waals surface area contributed by atoms with Gasteiger partial charge in [0.2, 0.25) is 5.95 Å². The second-order valence-corrected chi connectivity index (χ2v) is 7.66. The molecule has 0 N–H and O–H groups in total. The molecule has 2 aromatic carbocycles. The Morgan fingerprint density at radius 1 is 0.867 bits per heavy atom. The van der Waals surface area contributed by atoms with Gasteiger partial charge in [-0.1, -0.05) is 29.8 Å². The van der Waals surface area contributed by atoms with Gasteiger partial charge in [-0.2, -0.15) is 0 Å². The van der Waals surface area contributed by atoms with E-state index in [1.54, 1.807) is 18.5 Å². The average molecular weight is 418 g/mol. The Hall–Kier alpha value is -3.38. The molecule has 0 atom stereocenters. The number of piperazine rings is 1. The molecular weight excluding hydrogens is 398 g/mol. The highest BCUT2D eigenvalue weighted by Crippen LogP contribution is 2.25. The summed E-state index contributed by atoms with van der Waals surface area (Å²) in [6, 6.07) is 19.4. The van der Waals surface area contributed by atoms with Crippen LogP contribution in [0.25, 0.3) is 16.9 Å². The smallest absolute Gasteiger partial charge is 0.271 e. The number of rotatable bonds is 3. The molecule has 1 aliphatic heterocycles. The van der Waals surface area contributed by atoms with Crippen molar-refractivity contribution in [2.24, 2.45) is 0 Å². The lowest BCUT2D eigenvalue weighted by Crippen LogP contribution is -2.49. The van der Waals surface area contributed by atoms with Gasteiger partial charge in [0.05, 0.1) is 5.52 Å². The van der Waals surface area contributed by atoms with E-state index in [0.29, 0.717) is 24.7 Å². The number of amides is 1. The highest BCUT2D eigenvalue weighted by atomic mass is 35.5. The first-order chi connectivity index (χ1) is 14.7. The molecule has 1 amide bonds. The average Bonchev–Trinajstić information content (AvgIpc) is 3.19. The van der Waals surface area contributed by atoms with E-state index in [4.69, 9.17) is 11.6 Å². The third-order valence-corrected chi connectivity index (χ3v) is 5.69. The summed E-state index contributed by atoms with van der Waals surface area (Å²) in [5.74, 6) is 0.497. The Morgan fingerprint density at radius 2 is 1.57 bits per heavy atom. The number of halogens is 1. The van der Waals surface area contributed by atoms with Crippen LogP contribution in [0.1, 0.15) is 10.5 Å². The topological polar surface area (TPSA) is 54.3 Å². The van der Waals surface area contributed by atoms with Gasteiger partial charge in [0.15, 0.2) is 0 Å². The van der Waals surface area contributed by atoms with E-state index in [1.807, 2.05) is 64.1 Å². The Morgan fingerprint density at radius 3 is 2.30 bits per heavy atom. The van der Waals surface area contributed by atoms with Crippen molar-refractivity contribution in [1.29, 1.82) is 0 Å². The van der Waals surface area contributed by atoms with Crippen molar-refractivity contribution < 1.29 is 4.79 Å². The third kappa shape index (κ3) is 3.39. The molecule has 5 rings (SSSR count). The Kier molecular flexibility index (Phi) is 4.85. The molecule has 0 aliphatic carbocycles. The monoisotopic (exact) mass is 417 g/mol. The van der Waals surface area contributed by atoms with Crippen LogP contribution in [-0.2, 0) is 0 Å². The van der Waals surface area contributed by atoms with Gasteiger partial charge in [0, 0.05) is 54.7 Å². The van der Waals surface area contributed by atoms with Crippen molar-refractivity contribution in [3.05, 3.63) is 83.8 Å². The lowest BCUT2D eigenvalue weighted by atomic mass is 10.2. The molecule has 1 aliphatic rings. The number of para-hydroxylation sites is 1. The van der Waals surface area contributed by atoms with E-state index in [2.05, 4.69) is 14.9 Å². The molecule has 150 valence electrons. The molecule has 3 heterocycles. The summed E-state index contributed by atoms with van der Waals surface area (Å²) >= 11 is 6.00. The van der Waals surface area contributed by atoms with Crippen LogP contribution >= 0.6 is 11.6 Å². The van der Waals surface area contributed by atoms with Crippen molar-refractivity contribution in [2.75, 3.05) is 31.1 Å². The molecule has 1 fully saturated rings. The van der Waals surface area contributed by atoms with Crippen molar-refractivity contribution in [3.8, 4) is 5.95 Å². The molecule has 0 unspecified atom stereocenters. The SMILES string of the molecule is O=C(c1cc2ccccc2n1-c1ncccn1)N1CCN(c2ccc(Cl)cc2)CC1. The fourth-order valence-electron chi connectivity index (χ4n) is 3.92. The molecule has 1 saturated heterocycles. The molecule has 6 nitrogen and oxygen atoms in total. The largest absolute Gasteiger partial charge is 0.368 e. The summed E-state index contributed by atoms with van der Waals surface area (Å²) in [5, 5.41) is 1.72. The fraction of sp³-hybridized carbons (Fsp3) is 0.174. The standard InChI is InChI=1S/C23H20ClN5O/c24-18-6-8-19(9-7-18)27-12-14-28(15-13-27)22(30)21-16-17-4-1-2-5-20(17)29(21)23-25-10-3-11-26-23/h1-11,16H,12-15H2. The van der Waals surface area contributed by atoms with Crippen LogP contribution in [0, 0.1) is 0 Å². The van der Waals surface area contributed by atoms with Crippen LogP contribution in [0.15, 0.2) is 73.1 Å². The van der Waals surface area contributed by atoms with Crippen molar-refractivity contribution in [3.63, 3.8) is 0 Å². The second kappa shape index (κ2) is 7.80. The summed E-state index contributed by atoms with van der Waals surface area (Å²) in [6.07, 6.45) is 3.38. The number of aromatic nitrogens is 3. The Balaban J connectivity index is 1.42. The Bertz CT molecular complexity index is 1180. The molecule has 30 heavy (non-hydrogen) atoms. The number of nitrogens with zero attached hydrogens (tertiary/aromatic N) is 5. The van der Waals surface area contributed by atoms with E-state index in [0.717, 1.165) is 34.7 Å². The van der Waals surface area contributed by atoms with Crippen LogP contribution in [0.4, 0.5) is 5.69 Å². The number of hydrogen-bond donors (Lipinski definition) is 0. The van der Waals surface area contributed by atoms with Gasteiger partial charge in [0.1, 0.15) is 5.69 Å². The zero-order valence-electron chi connectivity index (χ0n) is 16.3. The summed E-state index contributed by atoms with van der Waals surface area (Å²) in [7, 11) is 0. The molecule has 7 heteroatoms. The van der Waals surface area contributed by atoms with Gasteiger partial charge in [-0.3, -0.25) is 9.36 Å². The van der Waals surface area contributed by atoms with E-state index in [-0.39, 0.29) is 5.91 Å². The molecule has 0 spiro atoms. The maximum atomic E-state index is 13.5. The van der Waals surface area contributed by atoms with Crippen LogP contribution < -0.4 is 4.90 Å². The zero-order chi connectivity index (χ0) is 20.5. The number of carbonyl (C=O) groups excluding carboxylic acids is 1. The summed E-state index contributed by atoms with van der Waals surface area (Å²) in [6.45, 7) is 2.85. The first kappa shape index (κ1) is 18.6. The minimum atomic E-state index is -0.00518. The van der Waals surface area contributed by atoms with E-state index in [1.165, 1.54) is 0 Å². The predicted octanol–water partition coefficient (Wildman–Crippen LogP) is 4.04. The van der Waals surface area contributed by atoms with Crippen LogP contribution in [-0.4, -0.2) is 51.5 Å². The number of benzene rings is 2.